The van der Waals surface area contributed by atoms with Gasteiger partial charge >= 0.3 is 0 Å². The lowest BCUT2D eigenvalue weighted by atomic mass is 9.85. The van der Waals surface area contributed by atoms with E-state index in [1.165, 1.54) is 44.9 Å². The van der Waals surface area contributed by atoms with Gasteiger partial charge in [0.05, 0.1) is 34.0 Å². The molecule has 0 aliphatic carbocycles. The van der Waals surface area contributed by atoms with Gasteiger partial charge < -0.3 is 23.5 Å². The smallest absolute Gasteiger partial charge is 0.231 e. The Hall–Kier alpha value is -3.41. The monoisotopic (exact) mass is 473 g/mol. The first-order valence-electron chi connectivity index (χ1n) is 12.5. The van der Waals surface area contributed by atoms with E-state index in [-0.39, 0.29) is 0 Å². The summed E-state index contributed by atoms with van der Waals surface area (Å²) in [5.41, 5.74) is 10.6. The topological polar surface area (TPSA) is 44.9 Å². The van der Waals surface area contributed by atoms with E-state index < -0.39 is 0 Å². The standard InChI is InChI=1S/C29H33N2O4/c1-6-17-16-30-9-7-19-12-25(33-3)27(35-5)15-22(19)28(30)29-21(17)13-23-20-14-26(34-4)24(32-2)11-18(20)8-10-31(23)29/h11-15,17H,6-10,16H2,1-5H3/q+1. The van der Waals surface area contributed by atoms with E-state index in [0.717, 1.165) is 61.9 Å². The van der Waals surface area contributed by atoms with Gasteiger partial charge in [-0.1, -0.05) is 6.92 Å². The van der Waals surface area contributed by atoms with Gasteiger partial charge in [0, 0.05) is 30.1 Å². The zero-order valence-corrected chi connectivity index (χ0v) is 21.2. The number of ether oxygens (including phenoxy) is 4. The molecule has 1 aromatic heterocycles. The minimum absolute atomic E-state index is 0.511. The molecule has 6 rings (SSSR count). The predicted octanol–water partition coefficient (Wildman–Crippen LogP) is 4.66. The number of benzene rings is 2. The van der Waals surface area contributed by atoms with Gasteiger partial charge in [-0.15, -0.1) is 0 Å². The normalized spacial score (nSPS) is 17.6. The predicted molar refractivity (Wildman–Crippen MR) is 136 cm³/mol. The van der Waals surface area contributed by atoms with Crippen molar-refractivity contribution in [3.63, 3.8) is 0 Å². The molecule has 3 aliphatic heterocycles. The molecule has 2 aromatic carbocycles. The van der Waals surface area contributed by atoms with Crippen LogP contribution in [0, 0.1) is 0 Å². The van der Waals surface area contributed by atoms with Crippen molar-refractivity contribution in [2.24, 2.45) is 0 Å². The number of aryl methyl sites for hydroxylation is 1. The van der Waals surface area contributed by atoms with Gasteiger partial charge in [0.15, 0.2) is 23.0 Å². The van der Waals surface area contributed by atoms with E-state index >= 15 is 0 Å². The van der Waals surface area contributed by atoms with Gasteiger partial charge in [-0.2, -0.15) is 0 Å². The molecule has 0 amide bonds. The molecule has 3 aliphatic rings. The molecule has 0 bridgehead atoms. The zero-order chi connectivity index (χ0) is 24.3. The average Bonchev–Trinajstić information content (AvgIpc) is 3.30. The lowest BCUT2D eigenvalue weighted by molar-refractivity contribution is -0.533. The van der Waals surface area contributed by atoms with Crippen LogP contribution < -0.4 is 18.9 Å². The molecule has 4 heterocycles. The van der Waals surface area contributed by atoms with Crippen molar-refractivity contribution in [2.45, 2.75) is 38.6 Å². The Kier molecular flexibility index (Phi) is 5.28. The lowest BCUT2D eigenvalue weighted by Gasteiger charge is -2.29. The Balaban J connectivity index is 1.59. The maximum Gasteiger partial charge on any atom is 0.231 e. The number of methoxy groups -OCH3 is 4. The summed E-state index contributed by atoms with van der Waals surface area (Å²) in [6, 6.07) is 11.1. The van der Waals surface area contributed by atoms with Crippen LogP contribution in [0.4, 0.5) is 0 Å². The summed E-state index contributed by atoms with van der Waals surface area (Å²) in [5, 5.41) is 0. The largest absolute Gasteiger partial charge is 0.493 e. The van der Waals surface area contributed by atoms with Gasteiger partial charge in [0.25, 0.3) is 0 Å². The van der Waals surface area contributed by atoms with E-state index in [4.69, 9.17) is 18.9 Å². The van der Waals surface area contributed by atoms with Crippen molar-refractivity contribution in [3.05, 3.63) is 58.3 Å². The number of aromatic nitrogens is 1. The first-order chi connectivity index (χ1) is 17.1. The quantitative estimate of drug-likeness (QED) is 0.506. The van der Waals surface area contributed by atoms with E-state index in [9.17, 15) is 0 Å². The van der Waals surface area contributed by atoms with Crippen molar-refractivity contribution < 1.29 is 23.5 Å². The van der Waals surface area contributed by atoms with Crippen LogP contribution >= 0.6 is 0 Å². The fraction of sp³-hybridized carbons (Fsp3) is 0.414. The molecule has 6 heteroatoms. The minimum Gasteiger partial charge on any atom is -0.493 e. The van der Waals surface area contributed by atoms with Crippen LogP contribution in [-0.4, -0.2) is 56.4 Å². The Morgan fingerprint density at radius 2 is 1.40 bits per heavy atom. The summed E-state index contributed by atoms with van der Waals surface area (Å²) in [4.78, 5) is 0. The Morgan fingerprint density at radius 1 is 0.800 bits per heavy atom. The highest BCUT2D eigenvalue weighted by Gasteiger charge is 2.41. The number of hydrogen-bond donors (Lipinski definition) is 0. The molecule has 0 radical (unpaired) electrons. The summed E-state index contributed by atoms with van der Waals surface area (Å²) in [5.74, 6) is 3.67. The van der Waals surface area contributed by atoms with Crippen LogP contribution in [0.5, 0.6) is 23.0 Å². The molecular weight excluding hydrogens is 440 g/mol. The molecule has 35 heavy (non-hydrogen) atoms. The van der Waals surface area contributed by atoms with E-state index in [2.05, 4.69) is 46.4 Å². The van der Waals surface area contributed by atoms with Gasteiger partial charge in [0.2, 0.25) is 5.71 Å². The number of nitrogens with zero attached hydrogens (tertiary/aromatic N) is 2. The average molecular weight is 474 g/mol. The van der Waals surface area contributed by atoms with Gasteiger partial charge in [-0.3, -0.25) is 0 Å². The molecule has 6 nitrogen and oxygen atoms in total. The first kappa shape index (κ1) is 22.1. The molecular formula is C29H33N2O4+. The molecule has 0 saturated carbocycles. The Bertz CT molecular complexity index is 1370. The highest BCUT2D eigenvalue weighted by molar-refractivity contribution is 6.12. The van der Waals surface area contributed by atoms with E-state index in [1.807, 2.05) is 0 Å². The first-order valence-corrected chi connectivity index (χ1v) is 12.5. The van der Waals surface area contributed by atoms with Crippen molar-refractivity contribution in [1.82, 2.24) is 4.57 Å². The van der Waals surface area contributed by atoms with Crippen LogP contribution in [0.1, 0.15) is 47.2 Å². The van der Waals surface area contributed by atoms with Crippen LogP contribution in [0.3, 0.4) is 0 Å². The third-order valence-electron chi connectivity index (χ3n) is 8.05. The zero-order valence-electron chi connectivity index (χ0n) is 21.2. The van der Waals surface area contributed by atoms with Crippen molar-refractivity contribution >= 4 is 5.71 Å². The van der Waals surface area contributed by atoms with Crippen LogP contribution in [-0.2, 0) is 19.4 Å². The fourth-order valence-electron chi connectivity index (χ4n) is 6.26. The highest BCUT2D eigenvalue weighted by atomic mass is 16.5. The molecule has 0 fully saturated rings. The Morgan fingerprint density at radius 3 is 2.03 bits per heavy atom. The number of fused-ring (bicyclic) bond motifs is 8. The van der Waals surface area contributed by atoms with Crippen LogP contribution in [0.25, 0.3) is 11.3 Å². The summed E-state index contributed by atoms with van der Waals surface area (Å²) in [7, 11) is 6.84. The number of rotatable bonds is 5. The maximum atomic E-state index is 5.71. The van der Waals surface area contributed by atoms with E-state index in [0.29, 0.717) is 5.92 Å². The van der Waals surface area contributed by atoms with Crippen molar-refractivity contribution in [2.75, 3.05) is 41.5 Å². The molecule has 1 atom stereocenters. The summed E-state index contributed by atoms with van der Waals surface area (Å²) in [6.45, 7) is 5.33. The van der Waals surface area contributed by atoms with Crippen molar-refractivity contribution in [3.8, 4) is 34.3 Å². The second-order valence-electron chi connectivity index (χ2n) is 9.61. The molecule has 1 unspecified atom stereocenters. The van der Waals surface area contributed by atoms with Gasteiger partial charge in [0.1, 0.15) is 18.8 Å². The van der Waals surface area contributed by atoms with Crippen molar-refractivity contribution in [1.29, 1.82) is 0 Å². The fourth-order valence-corrected chi connectivity index (χ4v) is 6.26. The third-order valence-corrected chi connectivity index (χ3v) is 8.05. The molecule has 3 aromatic rings. The summed E-state index contributed by atoms with van der Waals surface area (Å²) in [6.07, 6.45) is 3.10. The molecule has 0 spiro atoms. The highest BCUT2D eigenvalue weighted by Crippen LogP contribution is 2.44. The van der Waals surface area contributed by atoms with Gasteiger partial charge in [-0.05, 0) is 59.9 Å². The van der Waals surface area contributed by atoms with E-state index in [1.54, 1.807) is 28.4 Å². The summed E-state index contributed by atoms with van der Waals surface area (Å²) < 4.78 is 27.7. The second kappa shape index (κ2) is 8.36. The van der Waals surface area contributed by atoms with Gasteiger partial charge in [-0.25, -0.2) is 4.58 Å². The number of hydrogen-bond acceptors (Lipinski definition) is 4. The second-order valence-corrected chi connectivity index (χ2v) is 9.61. The van der Waals surface area contributed by atoms with Crippen LogP contribution in [0.15, 0.2) is 30.3 Å². The minimum atomic E-state index is 0.511. The van der Waals surface area contributed by atoms with Crippen LogP contribution in [0.2, 0.25) is 0 Å². The Labute approximate surface area is 206 Å². The lowest BCUT2D eigenvalue weighted by Crippen LogP contribution is -2.39. The molecule has 0 N–H and O–H groups in total. The molecule has 182 valence electrons. The third kappa shape index (κ3) is 3.19. The maximum absolute atomic E-state index is 5.71. The molecule has 0 saturated heterocycles. The SMILES string of the molecule is CCC1C[N+]2=C(c3cc(OC)c(OC)cc3CC2)c2c1cc1n2CCc2cc(OC)c(OC)cc2-1. The summed E-state index contributed by atoms with van der Waals surface area (Å²) >= 11 is 0.